The topological polar surface area (TPSA) is 52.7 Å². The minimum Gasteiger partial charge on any atom is -0.354 e. The Labute approximate surface area is 196 Å². The Balaban J connectivity index is 1.51. The number of benzene rings is 2. The van der Waals surface area contributed by atoms with Gasteiger partial charge in [-0.3, -0.25) is 14.5 Å². The number of carbonyl (C=O) groups is 2. The van der Waals surface area contributed by atoms with E-state index in [1.165, 1.54) is 5.56 Å². The second-order valence-electron chi connectivity index (χ2n) is 8.38. The van der Waals surface area contributed by atoms with E-state index in [-0.39, 0.29) is 23.8 Å². The van der Waals surface area contributed by atoms with Crippen LogP contribution in [-0.4, -0.2) is 60.4 Å². The van der Waals surface area contributed by atoms with Gasteiger partial charge in [0.05, 0.1) is 0 Å². The van der Waals surface area contributed by atoms with Gasteiger partial charge in [-0.1, -0.05) is 55.8 Å². The summed E-state index contributed by atoms with van der Waals surface area (Å²) < 4.78 is 0. The summed E-state index contributed by atoms with van der Waals surface area (Å²) in [5.74, 6) is 0.0668. The van der Waals surface area contributed by atoms with Crippen LogP contribution >= 0.6 is 11.6 Å². The molecule has 5 nitrogen and oxygen atoms in total. The molecule has 32 heavy (non-hydrogen) atoms. The first-order valence-corrected chi connectivity index (χ1v) is 12.0. The highest BCUT2D eigenvalue weighted by Gasteiger charge is 2.28. The maximum atomic E-state index is 12.9. The molecule has 0 radical (unpaired) electrons. The van der Waals surface area contributed by atoms with E-state index >= 15 is 0 Å². The molecule has 0 saturated carbocycles. The number of hydrogen-bond donors (Lipinski definition) is 1. The minimum atomic E-state index is -0.0432. The first kappa shape index (κ1) is 24.3. The lowest BCUT2D eigenvalue weighted by atomic mass is 9.95. The molecule has 0 bridgehead atoms. The highest BCUT2D eigenvalue weighted by molar-refractivity contribution is 6.30. The number of nitrogens with zero attached hydrogens (tertiary/aromatic N) is 2. The Hall–Kier alpha value is -2.37. The Morgan fingerprint density at radius 1 is 1.03 bits per heavy atom. The molecule has 0 aliphatic carbocycles. The summed E-state index contributed by atoms with van der Waals surface area (Å²) in [6.07, 6.45) is 2.30. The molecule has 1 heterocycles. The minimum absolute atomic E-state index is 0.00461. The van der Waals surface area contributed by atoms with Crippen LogP contribution in [0.2, 0.25) is 5.02 Å². The molecule has 0 spiro atoms. The molecule has 1 N–H and O–H groups in total. The van der Waals surface area contributed by atoms with Crippen LogP contribution in [-0.2, 0) is 11.2 Å². The van der Waals surface area contributed by atoms with E-state index in [1.54, 1.807) is 24.3 Å². The van der Waals surface area contributed by atoms with Crippen molar-refractivity contribution in [3.63, 3.8) is 0 Å². The summed E-state index contributed by atoms with van der Waals surface area (Å²) in [6.45, 7) is 8.07. The summed E-state index contributed by atoms with van der Waals surface area (Å²) in [4.78, 5) is 29.8. The third kappa shape index (κ3) is 6.57. The molecule has 1 aliphatic heterocycles. The summed E-state index contributed by atoms with van der Waals surface area (Å²) in [5, 5.41) is 3.82. The van der Waals surface area contributed by atoms with Crippen LogP contribution in [0.15, 0.2) is 54.6 Å². The van der Waals surface area contributed by atoms with Crippen molar-refractivity contribution in [3.05, 3.63) is 70.7 Å². The van der Waals surface area contributed by atoms with Crippen LogP contribution in [0.25, 0.3) is 0 Å². The van der Waals surface area contributed by atoms with E-state index in [1.807, 2.05) is 11.0 Å². The standard InChI is InChI=1S/C26H34ClN3O2/c1-3-29(4-2)24(18-20-8-6-5-7-9-20)19-28-25(31)21-14-16-30(17-15-21)26(32)22-10-12-23(27)13-11-22/h5-13,21,24H,3-4,14-19H2,1-2H3,(H,28,31). The second kappa shape index (κ2) is 12.0. The zero-order valence-corrected chi connectivity index (χ0v) is 19.9. The zero-order chi connectivity index (χ0) is 22.9. The van der Waals surface area contributed by atoms with E-state index in [0.29, 0.717) is 43.1 Å². The van der Waals surface area contributed by atoms with E-state index in [0.717, 1.165) is 19.5 Å². The fourth-order valence-electron chi connectivity index (χ4n) is 4.44. The van der Waals surface area contributed by atoms with Crippen LogP contribution in [0, 0.1) is 5.92 Å². The van der Waals surface area contributed by atoms with E-state index < -0.39 is 0 Å². The molecule has 6 heteroatoms. The zero-order valence-electron chi connectivity index (χ0n) is 19.1. The molecular formula is C26H34ClN3O2. The number of likely N-dealkylation sites (tertiary alicyclic amines) is 1. The number of likely N-dealkylation sites (N-methyl/N-ethyl adjacent to an activating group) is 1. The van der Waals surface area contributed by atoms with Gasteiger partial charge in [0, 0.05) is 42.2 Å². The fourth-order valence-corrected chi connectivity index (χ4v) is 4.57. The average Bonchev–Trinajstić information content (AvgIpc) is 2.83. The van der Waals surface area contributed by atoms with Crippen molar-refractivity contribution in [3.8, 4) is 0 Å². The van der Waals surface area contributed by atoms with Gasteiger partial charge in [-0.15, -0.1) is 0 Å². The van der Waals surface area contributed by atoms with Gasteiger partial charge in [0.25, 0.3) is 5.91 Å². The van der Waals surface area contributed by atoms with E-state index in [2.05, 4.69) is 48.3 Å². The summed E-state index contributed by atoms with van der Waals surface area (Å²) in [5.41, 5.74) is 1.92. The molecular weight excluding hydrogens is 422 g/mol. The summed E-state index contributed by atoms with van der Waals surface area (Å²) >= 11 is 5.92. The van der Waals surface area contributed by atoms with Crippen LogP contribution in [0.1, 0.15) is 42.6 Å². The first-order chi connectivity index (χ1) is 15.5. The lowest BCUT2D eigenvalue weighted by molar-refractivity contribution is -0.126. The van der Waals surface area contributed by atoms with Gasteiger partial charge < -0.3 is 10.2 Å². The fraction of sp³-hybridized carbons (Fsp3) is 0.462. The Morgan fingerprint density at radius 3 is 2.25 bits per heavy atom. The molecule has 3 rings (SSSR count). The third-order valence-corrected chi connectivity index (χ3v) is 6.65. The van der Waals surface area contributed by atoms with Crippen molar-refractivity contribution in [2.75, 3.05) is 32.7 Å². The molecule has 0 aromatic heterocycles. The van der Waals surface area contributed by atoms with Gasteiger partial charge in [0.1, 0.15) is 0 Å². The van der Waals surface area contributed by atoms with Crippen LogP contribution in [0.3, 0.4) is 0 Å². The summed E-state index contributed by atoms with van der Waals surface area (Å²) in [6, 6.07) is 17.7. The molecule has 1 fully saturated rings. The Morgan fingerprint density at radius 2 is 1.66 bits per heavy atom. The van der Waals surface area contributed by atoms with Crippen LogP contribution in [0.4, 0.5) is 0 Å². The van der Waals surface area contributed by atoms with E-state index in [9.17, 15) is 9.59 Å². The van der Waals surface area contributed by atoms with Gasteiger partial charge in [-0.05, 0) is 62.2 Å². The van der Waals surface area contributed by atoms with Crippen molar-refractivity contribution >= 4 is 23.4 Å². The quantitative estimate of drug-likeness (QED) is 0.614. The largest absolute Gasteiger partial charge is 0.354 e. The van der Waals surface area contributed by atoms with E-state index in [4.69, 9.17) is 11.6 Å². The van der Waals surface area contributed by atoms with Gasteiger partial charge in [-0.25, -0.2) is 0 Å². The van der Waals surface area contributed by atoms with Crippen LogP contribution < -0.4 is 5.32 Å². The normalized spacial score (nSPS) is 15.6. The number of hydrogen-bond acceptors (Lipinski definition) is 3. The van der Waals surface area contributed by atoms with Crippen molar-refractivity contribution in [1.82, 2.24) is 15.1 Å². The predicted molar refractivity (Wildman–Crippen MR) is 130 cm³/mol. The third-order valence-electron chi connectivity index (χ3n) is 6.40. The van der Waals surface area contributed by atoms with Crippen molar-refractivity contribution in [1.29, 1.82) is 0 Å². The van der Waals surface area contributed by atoms with Crippen molar-refractivity contribution in [2.45, 2.75) is 39.2 Å². The Kier molecular flexibility index (Phi) is 9.12. The first-order valence-electron chi connectivity index (χ1n) is 11.6. The maximum Gasteiger partial charge on any atom is 0.253 e. The average molecular weight is 456 g/mol. The molecule has 1 unspecified atom stereocenters. The Bertz CT molecular complexity index is 860. The monoisotopic (exact) mass is 455 g/mol. The molecule has 1 atom stereocenters. The SMILES string of the molecule is CCN(CC)C(CNC(=O)C1CCN(C(=O)c2ccc(Cl)cc2)CC1)Cc1ccccc1. The van der Waals surface area contributed by atoms with Crippen LogP contribution in [0.5, 0.6) is 0 Å². The van der Waals surface area contributed by atoms with Gasteiger partial charge in [-0.2, -0.15) is 0 Å². The number of piperidine rings is 1. The molecule has 1 aliphatic rings. The number of amides is 2. The number of halogens is 1. The number of nitrogens with one attached hydrogen (secondary N) is 1. The highest BCUT2D eigenvalue weighted by atomic mass is 35.5. The number of rotatable bonds is 9. The lowest BCUT2D eigenvalue weighted by Gasteiger charge is -2.33. The molecule has 172 valence electrons. The molecule has 2 aromatic rings. The second-order valence-corrected chi connectivity index (χ2v) is 8.82. The predicted octanol–water partition coefficient (Wildman–Crippen LogP) is 4.26. The van der Waals surface area contributed by atoms with Gasteiger partial charge >= 0.3 is 0 Å². The smallest absolute Gasteiger partial charge is 0.253 e. The highest BCUT2D eigenvalue weighted by Crippen LogP contribution is 2.20. The summed E-state index contributed by atoms with van der Waals surface area (Å²) in [7, 11) is 0. The van der Waals surface area contributed by atoms with Gasteiger partial charge in [0.15, 0.2) is 0 Å². The molecule has 2 aromatic carbocycles. The maximum absolute atomic E-state index is 12.9. The van der Waals surface area contributed by atoms with Crippen molar-refractivity contribution < 1.29 is 9.59 Å². The van der Waals surface area contributed by atoms with Gasteiger partial charge in [0.2, 0.25) is 5.91 Å². The lowest BCUT2D eigenvalue weighted by Crippen LogP contribution is -2.48. The molecule has 2 amide bonds. The molecule has 1 saturated heterocycles. The number of carbonyl (C=O) groups excluding carboxylic acids is 2. The van der Waals surface area contributed by atoms with Crippen molar-refractivity contribution in [2.24, 2.45) is 5.92 Å².